The zero-order valence-electron chi connectivity index (χ0n) is 16.4. The normalized spacial score (nSPS) is 16.1. The molecule has 0 spiro atoms. The summed E-state index contributed by atoms with van der Waals surface area (Å²) in [7, 11) is 0. The molecule has 0 radical (unpaired) electrons. The summed E-state index contributed by atoms with van der Waals surface area (Å²) in [4.78, 5) is 33.7. The van der Waals surface area contributed by atoms with Gasteiger partial charge in [-0.05, 0) is 43.2 Å². The molecule has 3 aromatic rings. The highest BCUT2D eigenvalue weighted by Gasteiger charge is 2.18. The fraction of sp³-hybridized carbons (Fsp3) is 0.217. The van der Waals surface area contributed by atoms with Gasteiger partial charge in [0.1, 0.15) is 0 Å². The molecule has 1 fully saturated rings. The van der Waals surface area contributed by atoms with Gasteiger partial charge in [-0.15, -0.1) is 0 Å². The third-order valence-electron chi connectivity index (χ3n) is 4.82. The van der Waals surface area contributed by atoms with Gasteiger partial charge in [0.25, 0.3) is 5.91 Å². The maximum atomic E-state index is 12.6. The van der Waals surface area contributed by atoms with Crippen LogP contribution in [0.1, 0.15) is 28.9 Å². The SMILES string of the molecule is O=C(/C=C/c1cnc2ccccc2n1)Nc1ccccc1C(=O)NCC1CCCO1. The van der Waals surface area contributed by atoms with Gasteiger partial charge in [0.05, 0.1) is 40.3 Å². The lowest BCUT2D eigenvalue weighted by Crippen LogP contribution is -2.32. The van der Waals surface area contributed by atoms with Gasteiger partial charge in [-0.1, -0.05) is 24.3 Å². The monoisotopic (exact) mass is 402 g/mol. The van der Waals surface area contributed by atoms with E-state index in [0.29, 0.717) is 23.5 Å². The number of carbonyl (C=O) groups excluding carboxylic acids is 2. The summed E-state index contributed by atoms with van der Waals surface area (Å²) in [6.45, 7) is 1.20. The van der Waals surface area contributed by atoms with Crippen molar-refractivity contribution in [3.8, 4) is 0 Å². The third-order valence-corrected chi connectivity index (χ3v) is 4.82. The van der Waals surface area contributed by atoms with E-state index in [1.54, 1.807) is 36.5 Å². The quantitative estimate of drug-likeness (QED) is 0.618. The molecule has 1 aliphatic rings. The average Bonchev–Trinajstić information content (AvgIpc) is 3.30. The Bertz CT molecular complexity index is 1090. The Morgan fingerprint density at radius 2 is 1.90 bits per heavy atom. The average molecular weight is 402 g/mol. The Hall–Kier alpha value is -3.58. The summed E-state index contributed by atoms with van der Waals surface area (Å²) in [5, 5.41) is 5.64. The number of ether oxygens (including phenoxy) is 1. The number of para-hydroxylation sites is 3. The number of nitrogens with one attached hydrogen (secondary N) is 2. The van der Waals surface area contributed by atoms with Crippen LogP contribution in [-0.4, -0.2) is 41.0 Å². The third kappa shape index (κ3) is 4.87. The van der Waals surface area contributed by atoms with Crippen molar-refractivity contribution >= 4 is 34.6 Å². The molecule has 1 unspecified atom stereocenters. The molecule has 152 valence electrons. The summed E-state index contributed by atoms with van der Waals surface area (Å²) in [6.07, 6.45) is 6.59. The van der Waals surface area contributed by atoms with E-state index >= 15 is 0 Å². The summed E-state index contributed by atoms with van der Waals surface area (Å²) >= 11 is 0. The number of carbonyl (C=O) groups is 2. The van der Waals surface area contributed by atoms with Crippen molar-refractivity contribution in [3.05, 3.63) is 72.1 Å². The summed E-state index contributed by atoms with van der Waals surface area (Å²) in [6, 6.07) is 14.4. The number of amides is 2. The first-order valence-corrected chi connectivity index (χ1v) is 9.89. The first kappa shape index (κ1) is 19.7. The lowest BCUT2D eigenvalue weighted by molar-refractivity contribution is -0.111. The summed E-state index contributed by atoms with van der Waals surface area (Å²) < 4.78 is 5.53. The van der Waals surface area contributed by atoms with Crippen LogP contribution in [0.15, 0.2) is 60.8 Å². The molecule has 2 amide bonds. The molecule has 1 atom stereocenters. The van der Waals surface area contributed by atoms with Crippen molar-refractivity contribution in [2.24, 2.45) is 0 Å². The van der Waals surface area contributed by atoms with Crippen LogP contribution in [0.3, 0.4) is 0 Å². The molecule has 30 heavy (non-hydrogen) atoms. The van der Waals surface area contributed by atoms with E-state index < -0.39 is 0 Å². The van der Waals surface area contributed by atoms with Crippen LogP contribution in [-0.2, 0) is 9.53 Å². The van der Waals surface area contributed by atoms with E-state index in [1.165, 1.54) is 6.08 Å². The first-order valence-electron chi connectivity index (χ1n) is 9.89. The fourth-order valence-electron chi connectivity index (χ4n) is 3.28. The molecule has 2 aromatic carbocycles. The Balaban J connectivity index is 1.41. The lowest BCUT2D eigenvalue weighted by Gasteiger charge is -2.13. The van der Waals surface area contributed by atoms with E-state index in [-0.39, 0.29) is 17.9 Å². The van der Waals surface area contributed by atoms with Crippen LogP contribution < -0.4 is 10.6 Å². The maximum absolute atomic E-state index is 12.6. The molecular formula is C23H22N4O3. The van der Waals surface area contributed by atoms with Crippen molar-refractivity contribution < 1.29 is 14.3 Å². The fourth-order valence-corrected chi connectivity index (χ4v) is 3.28. The van der Waals surface area contributed by atoms with Gasteiger partial charge in [-0.2, -0.15) is 0 Å². The largest absolute Gasteiger partial charge is 0.376 e. The van der Waals surface area contributed by atoms with Crippen LogP contribution in [0.4, 0.5) is 5.69 Å². The van der Waals surface area contributed by atoms with Crippen molar-refractivity contribution in [2.45, 2.75) is 18.9 Å². The number of anilines is 1. The minimum Gasteiger partial charge on any atom is -0.376 e. The number of rotatable bonds is 6. The Kier molecular flexibility index (Phi) is 6.10. The van der Waals surface area contributed by atoms with Crippen molar-refractivity contribution in [2.75, 3.05) is 18.5 Å². The molecule has 0 saturated carbocycles. The zero-order valence-corrected chi connectivity index (χ0v) is 16.4. The smallest absolute Gasteiger partial charge is 0.253 e. The van der Waals surface area contributed by atoms with Crippen molar-refractivity contribution in [1.29, 1.82) is 0 Å². The van der Waals surface area contributed by atoms with Gasteiger partial charge < -0.3 is 15.4 Å². The minimum absolute atomic E-state index is 0.0571. The molecule has 0 bridgehead atoms. The predicted molar refractivity (Wildman–Crippen MR) is 115 cm³/mol. The number of nitrogens with zero attached hydrogens (tertiary/aromatic N) is 2. The number of hydrogen-bond acceptors (Lipinski definition) is 5. The lowest BCUT2D eigenvalue weighted by atomic mass is 10.1. The van der Waals surface area contributed by atoms with Crippen LogP contribution in [0.5, 0.6) is 0 Å². The molecular weight excluding hydrogens is 380 g/mol. The second-order valence-electron chi connectivity index (χ2n) is 7.00. The van der Waals surface area contributed by atoms with Gasteiger partial charge in [-0.3, -0.25) is 14.6 Å². The number of fused-ring (bicyclic) bond motifs is 1. The van der Waals surface area contributed by atoms with Crippen molar-refractivity contribution in [3.63, 3.8) is 0 Å². The summed E-state index contributed by atoms with van der Waals surface area (Å²) in [5.74, 6) is -0.602. The van der Waals surface area contributed by atoms with E-state index in [9.17, 15) is 9.59 Å². The van der Waals surface area contributed by atoms with Gasteiger partial charge in [0, 0.05) is 19.2 Å². The Morgan fingerprint density at radius 1 is 1.10 bits per heavy atom. The second kappa shape index (κ2) is 9.28. The molecule has 7 heteroatoms. The van der Waals surface area contributed by atoms with Gasteiger partial charge in [0.15, 0.2) is 0 Å². The summed E-state index contributed by atoms with van der Waals surface area (Å²) in [5.41, 5.74) is 2.98. The molecule has 2 N–H and O–H groups in total. The van der Waals surface area contributed by atoms with E-state index in [1.807, 2.05) is 24.3 Å². The number of aromatic nitrogens is 2. The molecule has 4 rings (SSSR count). The first-order chi connectivity index (χ1) is 14.7. The van der Waals surface area contributed by atoms with Gasteiger partial charge >= 0.3 is 0 Å². The number of benzene rings is 2. The number of hydrogen-bond donors (Lipinski definition) is 2. The highest BCUT2D eigenvalue weighted by Crippen LogP contribution is 2.16. The van der Waals surface area contributed by atoms with E-state index in [4.69, 9.17) is 4.74 Å². The standard InChI is InChI=1S/C23H22N4O3/c28-22(12-11-16-14-24-20-9-3-4-10-21(20)26-16)27-19-8-2-1-7-18(19)23(29)25-15-17-6-5-13-30-17/h1-4,7-12,14,17H,5-6,13,15H2,(H,25,29)(H,27,28)/b12-11+. The maximum Gasteiger partial charge on any atom is 0.253 e. The second-order valence-corrected chi connectivity index (χ2v) is 7.00. The van der Waals surface area contributed by atoms with Crippen LogP contribution in [0, 0.1) is 0 Å². The van der Waals surface area contributed by atoms with Crippen molar-refractivity contribution in [1.82, 2.24) is 15.3 Å². The molecule has 0 aliphatic carbocycles. The topological polar surface area (TPSA) is 93.2 Å². The van der Waals surface area contributed by atoms with Gasteiger partial charge in [-0.25, -0.2) is 4.98 Å². The van der Waals surface area contributed by atoms with Gasteiger partial charge in [0.2, 0.25) is 5.91 Å². The highest BCUT2D eigenvalue weighted by molar-refractivity contribution is 6.07. The zero-order chi connectivity index (χ0) is 20.8. The van der Waals surface area contributed by atoms with Crippen LogP contribution >= 0.6 is 0 Å². The highest BCUT2D eigenvalue weighted by atomic mass is 16.5. The molecule has 1 aromatic heterocycles. The van der Waals surface area contributed by atoms with Crippen LogP contribution in [0.25, 0.3) is 17.1 Å². The van der Waals surface area contributed by atoms with E-state index in [0.717, 1.165) is 30.5 Å². The molecule has 1 aliphatic heterocycles. The Labute approximate surface area is 174 Å². The van der Waals surface area contributed by atoms with Crippen LogP contribution in [0.2, 0.25) is 0 Å². The molecule has 7 nitrogen and oxygen atoms in total. The molecule has 2 heterocycles. The Morgan fingerprint density at radius 3 is 2.73 bits per heavy atom. The minimum atomic E-state index is -0.357. The van der Waals surface area contributed by atoms with E-state index in [2.05, 4.69) is 20.6 Å². The molecule has 1 saturated heterocycles. The predicted octanol–water partition coefficient (Wildman–Crippen LogP) is 3.19.